The molecule has 114 valence electrons. The first-order valence-corrected chi connectivity index (χ1v) is 7.31. The van der Waals surface area contributed by atoms with Crippen LogP contribution in [0, 0.1) is 0 Å². The number of methoxy groups -OCH3 is 1. The predicted molar refractivity (Wildman–Crippen MR) is 84.1 cm³/mol. The standard InChI is InChI=1S/C15H25ClN2O2/c1-5-20-14-10-12(9-13(16)15(14)19-4)11-17-7-6-8-18(2)3/h9-10,17H,5-8,11H2,1-4H3. The number of benzene rings is 1. The van der Waals surface area contributed by atoms with Crippen LogP contribution in [0.5, 0.6) is 11.5 Å². The Morgan fingerprint density at radius 1 is 1.30 bits per heavy atom. The molecule has 0 atom stereocenters. The molecule has 0 saturated carbocycles. The first-order chi connectivity index (χ1) is 9.58. The molecule has 1 rings (SSSR count). The number of nitrogens with zero attached hydrogens (tertiary/aromatic N) is 1. The summed E-state index contributed by atoms with van der Waals surface area (Å²) in [5.74, 6) is 1.30. The van der Waals surface area contributed by atoms with Gasteiger partial charge in [-0.25, -0.2) is 0 Å². The van der Waals surface area contributed by atoms with Gasteiger partial charge in [-0.1, -0.05) is 11.6 Å². The van der Waals surface area contributed by atoms with E-state index < -0.39 is 0 Å². The Morgan fingerprint density at radius 2 is 2.05 bits per heavy atom. The van der Waals surface area contributed by atoms with Gasteiger partial charge in [-0.3, -0.25) is 0 Å². The Labute approximate surface area is 127 Å². The Balaban J connectivity index is 2.57. The van der Waals surface area contributed by atoms with Gasteiger partial charge in [0.05, 0.1) is 18.7 Å². The second kappa shape index (κ2) is 9.06. The molecule has 1 aromatic carbocycles. The quantitative estimate of drug-likeness (QED) is 0.711. The van der Waals surface area contributed by atoms with Crippen molar-refractivity contribution in [1.29, 1.82) is 0 Å². The number of ether oxygens (including phenoxy) is 2. The summed E-state index contributed by atoms with van der Waals surface area (Å²) in [4.78, 5) is 2.18. The molecule has 0 aliphatic rings. The predicted octanol–water partition coefficient (Wildman–Crippen LogP) is 2.79. The molecule has 0 aliphatic heterocycles. The summed E-state index contributed by atoms with van der Waals surface area (Å²) < 4.78 is 10.8. The highest BCUT2D eigenvalue weighted by molar-refractivity contribution is 6.32. The molecule has 0 spiro atoms. The molecule has 0 unspecified atom stereocenters. The Morgan fingerprint density at radius 3 is 2.65 bits per heavy atom. The molecule has 0 aliphatic carbocycles. The maximum Gasteiger partial charge on any atom is 0.179 e. The Kier molecular flexibility index (Phi) is 7.73. The highest BCUT2D eigenvalue weighted by Gasteiger charge is 2.11. The van der Waals surface area contributed by atoms with Crippen molar-refractivity contribution in [3.05, 3.63) is 22.7 Å². The largest absolute Gasteiger partial charge is 0.491 e. The number of rotatable bonds is 9. The molecule has 5 heteroatoms. The number of halogens is 1. The molecule has 1 aromatic rings. The first-order valence-electron chi connectivity index (χ1n) is 6.93. The summed E-state index contributed by atoms with van der Waals surface area (Å²) in [6.07, 6.45) is 1.12. The van der Waals surface area contributed by atoms with Gasteiger partial charge in [0.1, 0.15) is 0 Å². The zero-order valence-corrected chi connectivity index (χ0v) is 13.6. The molecule has 20 heavy (non-hydrogen) atoms. The van der Waals surface area contributed by atoms with Crippen molar-refractivity contribution in [3.8, 4) is 11.5 Å². The average molecular weight is 301 g/mol. The van der Waals surface area contributed by atoms with Crippen LogP contribution in [0.25, 0.3) is 0 Å². The van der Waals surface area contributed by atoms with Crippen LogP contribution >= 0.6 is 11.6 Å². The number of nitrogens with one attached hydrogen (secondary N) is 1. The smallest absolute Gasteiger partial charge is 0.179 e. The summed E-state index contributed by atoms with van der Waals surface area (Å²) in [7, 11) is 5.76. The summed E-state index contributed by atoms with van der Waals surface area (Å²) in [5, 5.41) is 4.00. The van der Waals surface area contributed by atoms with E-state index in [1.54, 1.807) is 7.11 Å². The monoisotopic (exact) mass is 300 g/mol. The number of hydrogen-bond donors (Lipinski definition) is 1. The van der Waals surface area contributed by atoms with Gasteiger partial charge >= 0.3 is 0 Å². The van der Waals surface area contributed by atoms with Crippen molar-refractivity contribution in [2.45, 2.75) is 19.9 Å². The molecule has 1 N–H and O–H groups in total. The van der Waals surface area contributed by atoms with E-state index in [2.05, 4.69) is 24.3 Å². The minimum atomic E-state index is 0.587. The van der Waals surface area contributed by atoms with Crippen molar-refractivity contribution in [2.75, 3.05) is 40.9 Å². The maximum absolute atomic E-state index is 6.21. The van der Waals surface area contributed by atoms with Gasteiger partial charge in [0.2, 0.25) is 0 Å². The molecule has 0 heterocycles. The van der Waals surface area contributed by atoms with Crippen molar-refractivity contribution < 1.29 is 9.47 Å². The SMILES string of the molecule is CCOc1cc(CNCCCN(C)C)cc(Cl)c1OC. The molecule has 0 saturated heterocycles. The van der Waals surface area contributed by atoms with Gasteiger partial charge in [0.25, 0.3) is 0 Å². The van der Waals surface area contributed by atoms with Gasteiger partial charge < -0.3 is 19.7 Å². The summed E-state index contributed by atoms with van der Waals surface area (Å²) >= 11 is 6.21. The van der Waals surface area contributed by atoms with E-state index in [9.17, 15) is 0 Å². The van der Waals surface area contributed by atoms with E-state index in [1.807, 2.05) is 19.1 Å². The van der Waals surface area contributed by atoms with Gasteiger partial charge in [-0.05, 0) is 58.2 Å². The summed E-state index contributed by atoms with van der Waals surface area (Å²) in [5.41, 5.74) is 1.10. The fraction of sp³-hybridized carbons (Fsp3) is 0.600. The average Bonchev–Trinajstić information content (AvgIpc) is 2.38. The van der Waals surface area contributed by atoms with Crippen LogP contribution in [0.4, 0.5) is 0 Å². The van der Waals surface area contributed by atoms with Crippen molar-refractivity contribution in [1.82, 2.24) is 10.2 Å². The Hall–Kier alpha value is -0.970. The second-order valence-corrected chi connectivity index (χ2v) is 5.28. The third kappa shape index (κ3) is 5.57. The zero-order valence-electron chi connectivity index (χ0n) is 12.8. The molecule has 0 amide bonds. The highest BCUT2D eigenvalue weighted by Crippen LogP contribution is 2.36. The van der Waals surface area contributed by atoms with Crippen molar-refractivity contribution in [3.63, 3.8) is 0 Å². The summed E-state index contributed by atoms with van der Waals surface area (Å²) in [6.45, 7) is 5.37. The van der Waals surface area contributed by atoms with Gasteiger partial charge in [-0.2, -0.15) is 0 Å². The van der Waals surface area contributed by atoms with Crippen LogP contribution in [0.3, 0.4) is 0 Å². The second-order valence-electron chi connectivity index (χ2n) is 4.88. The van der Waals surface area contributed by atoms with E-state index in [-0.39, 0.29) is 0 Å². The molecule has 0 aromatic heterocycles. The van der Waals surface area contributed by atoms with Crippen molar-refractivity contribution >= 4 is 11.6 Å². The lowest BCUT2D eigenvalue weighted by Crippen LogP contribution is -2.21. The lowest BCUT2D eigenvalue weighted by atomic mass is 10.2. The summed E-state index contributed by atoms with van der Waals surface area (Å²) in [6, 6.07) is 3.90. The third-order valence-corrected chi connectivity index (χ3v) is 3.14. The molecular formula is C15H25ClN2O2. The van der Waals surface area contributed by atoms with E-state index in [1.165, 1.54) is 0 Å². The number of hydrogen-bond acceptors (Lipinski definition) is 4. The molecule has 0 fully saturated rings. The first kappa shape index (κ1) is 17.1. The fourth-order valence-electron chi connectivity index (χ4n) is 1.94. The van der Waals surface area contributed by atoms with Crippen LogP contribution < -0.4 is 14.8 Å². The van der Waals surface area contributed by atoms with Crippen LogP contribution in [0.2, 0.25) is 5.02 Å². The topological polar surface area (TPSA) is 33.7 Å². The maximum atomic E-state index is 6.21. The Bertz CT molecular complexity index is 411. The van der Waals surface area contributed by atoms with Crippen LogP contribution in [-0.2, 0) is 6.54 Å². The minimum absolute atomic E-state index is 0.587. The van der Waals surface area contributed by atoms with Crippen LogP contribution in [0.15, 0.2) is 12.1 Å². The lowest BCUT2D eigenvalue weighted by molar-refractivity contribution is 0.310. The zero-order chi connectivity index (χ0) is 15.0. The van der Waals surface area contributed by atoms with Crippen molar-refractivity contribution in [2.24, 2.45) is 0 Å². The van der Waals surface area contributed by atoms with Gasteiger partial charge in [0.15, 0.2) is 11.5 Å². The highest BCUT2D eigenvalue weighted by atomic mass is 35.5. The fourth-order valence-corrected chi connectivity index (χ4v) is 2.25. The molecule has 0 radical (unpaired) electrons. The van der Waals surface area contributed by atoms with E-state index >= 15 is 0 Å². The van der Waals surface area contributed by atoms with Gasteiger partial charge in [0, 0.05) is 6.54 Å². The van der Waals surface area contributed by atoms with Gasteiger partial charge in [-0.15, -0.1) is 0 Å². The van der Waals surface area contributed by atoms with E-state index in [0.717, 1.165) is 31.6 Å². The molecular weight excluding hydrogens is 276 g/mol. The van der Waals surface area contributed by atoms with Crippen LogP contribution in [0.1, 0.15) is 18.9 Å². The molecule has 4 nitrogen and oxygen atoms in total. The van der Waals surface area contributed by atoms with E-state index in [0.29, 0.717) is 23.1 Å². The normalized spacial score (nSPS) is 10.9. The van der Waals surface area contributed by atoms with Crippen LogP contribution in [-0.4, -0.2) is 45.8 Å². The lowest BCUT2D eigenvalue weighted by Gasteiger charge is -2.14. The third-order valence-electron chi connectivity index (χ3n) is 2.86. The molecule has 0 bridgehead atoms. The van der Waals surface area contributed by atoms with E-state index in [4.69, 9.17) is 21.1 Å². The minimum Gasteiger partial charge on any atom is -0.491 e.